The van der Waals surface area contributed by atoms with E-state index in [1.165, 1.54) is 0 Å². The maximum atomic E-state index is 11.7. The Hall–Kier alpha value is -1.42. The average molecular weight is 360 g/mol. The second kappa shape index (κ2) is 7.73. The topological polar surface area (TPSA) is 35.5 Å². The fourth-order valence-electron chi connectivity index (χ4n) is 1.78. The molecule has 0 heterocycles. The van der Waals surface area contributed by atoms with Crippen LogP contribution < -0.4 is 4.74 Å². The summed E-state index contributed by atoms with van der Waals surface area (Å²) in [6.07, 6.45) is 0. The van der Waals surface area contributed by atoms with Gasteiger partial charge in [0.15, 0.2) is 6.61 Å². The third-order valence-electron chi connectivity index (χ3n) is 2.92. The molecule has 2 aromatic rings. The van der Waals surface area contributed by atoms with Gasteiger partial charge in [-0.2, -0.15) is 0 Å². The number of esters is 1. The van der Waals surface area contributed by atoms with Crippen LogP contribution in [-0.4, -0.2) is 12.6 Å². The molecule has 3 nitrogen and oxygen atoms in total. The van der Waals surface area contributed by atoms with Gasteiger partial charge < -0.3 is 9.47 Å². The third-order valence-corrected chi connectivity index (χ3v) is 3.87. The summed E-state index contributed by atoms with van der Waals surface area (Å²) in [5.74, 6) is 0.0717. The summed E-state index contributed by atoms with van der Waals surface area (Å²) in [6.45, 7) is 1.64. The fourth-order valence-corrected chi connectivity index (χ4v) is 2.51. The molecule has 0 N–H and O–H groups in total. The predicted octanol–water partition coefficient (Wildman–Crippen LogP) is 5.08. The van der Waals surface area contributed by atoms with Gasteiger partial charge in [-0.3, -0.25) is 0 Å². The van der Waals surface area contributed by atoms with Crippen LogP contribution in [0.25, 0.3) is 0 Å². The van der Waals surface area contributed by atoms with Crippen LogP contribution in [0.2, 0.25) is 15.1 Å². The van der Waals surface area contributed by atoms with Crippen molar-refractivity contribution in [3.63, 3.8) is 0 Å². The second-order valence-electron chi connectivity index (χ2n) is 4.56. The number of carbonyl (C=O) groups is 1. The summed E-state index contributed by atoms with van der Waals surface area (Å²) in [5, 5.41) is 1.52. The SMILES string of the molecule is Cc1cc(Cl)ccc1OCC(=O)OCc1c(Cl)cccc1Cl. The highest BCUT2D eigenvalue weighted by atomic mass is 35.5. The van der Waals surface area contributed by atoms with Crippen molar-refractivity contribution in [3.8, 4) is 5.75 Å². The van der Waals surface area contributed by atoms with Gasteiger partial charge >= 0.3 is 5.97 Å². The first-order chi connectivity index (χ1) is 10.5. The molecule has 2 rings (SSSR count). The average Bonchev–Trinajstić information content (AvgIpc) is 2.46. The van der Waals surface area contributed by atoms with Crippen LogP contribution in [0.1, 0.15) is 11.1 Å². The number of ether oxygens (including phenoxy) is 2. The molecule has 0 amide bonds. The fraction of sp³-hybridized carbons (Fsp3) is 0.188. The van der Waals surface area contributed by atoms with E-state index in [1.807, 2.05) is 6.92 Å². The second-order valence-corrected chi connectivity index (χ2v) is 5.81. The molecule has 0 unspecified atom stereocenters. The quantitative estimate of drug-likeness (QED) is 0.699. The van der Waals surface area contributed by atoms with E-state index in [9.17, 15) is 4.79 Å². The van der Waals surface area contributed by atoms with Crippen molar-refractivity contribution in [1.82, 2.24) is 0 Å². The summed E-state index contributed by atoms with van der Waals surface area (Å²) in [6, 6.07) is 10.2. The molecule has 6 heteroatoms. The highest BCUT2D eigenvalue weighted by Crippen LogP contribution is 2.25. The number of rotatable bonds is 5. The van der Waals surface area contributed by atoms with E-state index in [4.69, 9.17) is 44.3 Å². The predicted molar refractivity (Wildman–Crippen MR) is 87.9 cm³/mol. The lowest BCUT2D eigenvalue weighted by Gasteiger charge is -2.10. The van der Waals surface area contributed by atoms with Crippen molar-refractivity contribution in [2.75, 3.05) is 6.61 Å². The Morgan fingerprint density at radius 3 is 2.41 bits per heavy atom. The smallest absolute Gasteiger partial charge is 0.344 e. The molecular formula is C16H13Cl3O3. The molecule has 0 aliphatic rings. The summed E-state index contributed by atoms with van der Waals surface area (Å²) in [7, 11) is 0. The summed E-state index contributed by atoms with van der Waals surface area (Å²) in [4.78, 5) is 11.7. The van der Waals surface area contributed by atoms with Gasteiger partial charge in [-0.1, -0.05) is 40.9 Å². The van der Waals surface area contributed by atoms with E-state index in [0.29, 0.717) is 26.4 Å². The molecule has 116 valence electrons. The Kier molecular flexibility index (Phi) is 5.95. The van der Waals surface area contributed by atoms with E-state index in [1.54, 1.807) is 36.4 Å². The molecule has 0 atom stereocenters. The van der Waals surface area contributed by atoms with Gasteiger partial charge in [0, 0.05) is 20.6 Å². The van der Waals surface area contributed by atoms with Gasteiger partial charge in [0.1, 0.15) is 12.4 Å². The molecule has 0 aliphatic heterocycles. The van der Waals surface area contributed by atoms with Crippen molar-refractivity contribution in [1.29, 1.82) is 0 Å². The minimum absolute atomic E-state index is 0.000298. The summed E-state index contributed by atoms with van der Waals surface area (Å²) < 4.78 is 10.5. The van der Waals surface area contributed by atoms with E-state index < -0.39 is 5.97 Å². The van der Waals surface area contributed by atoms with Gasteiger partial charge in [-0.05, 0) is 42.8 Å². The van der Waals surface area contributed by atoms with Crippen LogP contribution in [0.4, 0.5) is 0 Å². The van der Waals surface area contributed by atoms with Crippen LogP contribution in [0.3, 0.4) is 0 Å². The molecule has 0 fully saturated rings. The van der Waals surface area contributed by atoms with E-state index in [2.05, 4.69) is 0 Å². The first-order valence-corrected chi connectivity index (χ1v) is 7.58. The zero-order valence-corrected chi connectivity index (χ0v) is 14.0. The van der Waals surface area contributed by atoms with Gasteiger partial charge in [0.25, 0.3) is 0 Å². The van der Waals surface area contributed by atoms with Crippen LogP contribution in [-0.2, 0) is 16.1 Å². The highest BCUT2D eigenvalue weighted by Gasteiger charge is 2.10. The van der Waals surface area contributed by atoms with Crippen molar-refractivity contribution in [3.05, 3.63) is 62.6 Å². The van der Waals surface area contributed by atoms with Crippen LogP contribution in [0.15, 0.2) is 36.4 Å². The molecule has 0 saturated heterocycles. The molecule has 0 spiro atoms. The Balaban J connectivity index is 1.88. The minimum atomic E-state index is -0.509. The maximum Gasteiger partial charge on any atom is 0.344 e. The third kappa shape index (κ3) is 4.54. The zero-order valence-electron chi connectivity index (χ0n) is 11.7. The summed E-state index contributed by atoms with van der Waals surface area (Å²) >= 11 is 17.9. The molecular weight excluding hydrogens is 347 g/mol. The standard InChI is InChI=1S/C16H13Cl3O3/c1-10-7-11(17)5-6-15(10)21-9-16(20)22-8-12-13(18)3-2-4-14(12)19/h2-7H,8-9H2,1H3. The van der Waals surface area contributed by atoms with Crippen LogP contribution in [0.5, 0.6) is 5.75 Å². The highest BCUT2D eigenvalue weighted by molar-refractivity contribution is 6.36. The van der Waals surface area contributed by atoms with E-state index in [-0.39, 0.29) is 13.2 Å². The Bertz CT molecular complexity index is 666. The van der Waals surface area contributed by atoms with Crippen molar-refractivity contribution in [2.45, 2.75) is 13.5 Å². The Morgan fingerprint density at radius 2 is 1.77 bits per heavy atom. The molecule has 0 saturated carbocycles. The van der Waals surface area contributed by atoms with Gasteiger partial charge in [0.05, 0.1) is 0 Å². The van der Waals surface area contributed by atoms with Gasteiger partial charge in [-0.25, -0.2) is 4.79 Å². The monoisotopic (exact) mass is 358 g/mol. The largest absolute Gasteiger partial charge is 0.482 e. The first-order valence-electron chi connectivity index (χ1n) is 6.45. The number of hydrogen-bond donors (Lipinski definition) is 0. The zero-order chi connectivity index (χ0) is 16.1. The van der Waals surface area contributed by atoms with Crippen LogP contribution >= 0.6 is 34.8 Å². The van der Waals surface area contributed by atoms with Crippen LogP contribution in [0, 0.1) is 6.92 Å². The Labute approximate surface area is 143 Å². The minimum Gasteiger partial charge on any atom is -0.482 e. The molecule has 0 aromatic heterocycles. The number of carbonyl (C=O) groups excluding carboxylic acids is 1. The number of halogens is 3. The van der Waals surface area contributed by atoms with Crippen molar-refractivity contribution >= 4 is 40.8 Å². The van der Waals surface area contributed by atoms with Crippen molar-refractivity contribution in [2.24, 2.45) is 0 Å². The Morgan fingerprint density at radius 1 is 1.09 bits per heavy atom. The first kappa shape index (κ1) is 16.9. The summed E-state index contributed by atoms with van der Waals surface area (Å²) in [5.41, 5.74) is 1.41. The normalized spacial score (nSPS) is 10.4. The molecule has 2 aromatic carbocycles. The maximum absolute atomic E-state index is 11.7. The van der Waals surface area contributed by atoms with E-state index in [0.717, 1.165) is 5.56 Å². The van der Waals surface area contributed by atoms with Crippen molar-refractivity contribution < 1.29 is 14.3 Å². The molecule has 22 heavy (non-hydrogen) atoms. The number of benzene rings is 2. The lowest BCUT2D eigenvalue weighted by atomic mass is 10.2. The molecule has 0 radical (unpaired) electrons. The lowest BCUT2D eigenvalue weighted by molar-refractivity contribution is -0.147. The number of hydrogen-bond acceptors (Lipinski definition) is 3. The van der Waals surface area contributed by atoms with E-state index >= 15 is 0 Å². The van der Waals surface area contributed by atoms with Gasteiger partial charge in [-0.15, -0.1) is 0 Å². The molecule has 0 aliphatic carbocycles. The lowest BCUT2D eigenvalue weighted by Crippen LogP contribution is -2.15. The number of aryl methyl sites for hydroxylation is 1. The molecule has 0 bridgehead atoms. The van der Waals surface area contributed by atoms with Gasteiger partial charge in [0.2, 0.25) is 0 Å².